The van der Waals surface area contributed by atoms with Crippen LogP contribution >= 0.6 is 11.8 Å². The number of hydrogen-bond donors (Lipinski definition) is 1. The van der Waals surface area contributed by atoms with E-state index in [-0.39, 0.29) is 18.0 Å². The van der Waals surface area contributed by atoms with Crippen LogP contribution in [0.1, 0.15) is 12.8 Å². The SMILES string of the molecule is O=C(C[C@@H]1SC(=Nc2ccc(F)cc2)N(CCCN2CCOCC2)C1=O)Nc1ccc(F)cc1F. The number of amides is 2. The highest BCUT2D eigenvalue weighted by Crippen LogP contribution is 2.32. The van der Waals surface area contributed by atoms with E-state index in [9.17, 15) is 22.8 Å². The minimum Gasteiger partial charge on any atom is -0.379 e. The maximum absolute atomic E-state index is 13.9. The van der Waals surface area contributed by atoms with Crippen molar-refractivity contribution in [1.82, 2.24) is 9.80 Å². The monoisotopic (exact) mass is 506 g/mol. The second kappa shape index (κ2) is 11.7. The normalized spacial score (nSPS) is 20.0. The third-order valence-corrected chi connectivity index (χ3v) is 6.78. The maximum atomic E-state index is 13.9. The number of amidine groups is 1. The van der Waals surface area contributed by atoms with Crippen LogP contribution in [0.5, 0.6) is 0 Å². The summed E-state index contributed by atoms with van der Waals surface area (Å²) >= 11 is 1.14. The molecule has 35 heavy (non-hydrogen) atoms. The van der Waals surface area contributed by atoms with Crippen LogP contribution in [0, 0.1) is 17.5 Å². The molecular formula is C24H25F3N4O3S. The summed E-state index contributed by atoms with van der Waals surface area (Å²) in [5, 5.41) is 2.07. The van der Waals surface area contributed by atoms with E-state index in [4.69, 9.17) is 4.74 Å². The summed E-state index contributed by atoms with van der Waals surface area (Å²) in [5.41, 5.74) is 0.327. The Balaban J connectivity index is 1.44. The van der Waals surface area contributed by atoms with Gasteiger partial charge in [0.25, 0.3) is 0 Å². The Morgan fingerprint density at radius 1 is 1.06 bits per heavy atom. The summed E-state index contributed by atoms with van der Waals surface area (Å²) in [6.07, 6.45) is 0.497. The Hall–Kier alpha value is -2.89. The second-order valence-corrected chi connectivity index (χ2v) is 9.32. The van der Waals surface area contributed by atoms with Crippen molar-refractivity contribution >= 4 is 40.1 Å². The van der Waals surface area contributed by atoms with Gasteiger partial charge in [0.05, 0.1) is 24.6 Å². The largest absolute Gasteiger partial charge is 0.379 e. The summed E-state index contributed by atoms with van der Waals surface area (Å²) in [5.74, 6) is -2.89. The van der Waals surface area contributed by atoms with Crippen molar-refractivity contribution in [2.75, 3.05) is 44.7 Å². The van der Waals surface area contributed by atoms with Crippen molar-refractivity contribution in [2.45, 2.75) is 18.1 Å². The first-order valence-electron chi connectivity index (χ1n) is 11.3. The first-order chi connectivity index (χ1) is 16.9. The minimum atomic E-state index is -0.896. The Labute approximate surface area is 205 Å². The average Bonchev–Trinajstić information content (AvgIpc) is 3.12. The topological polar surface area (TPSA) is 74.2 Å². The number of nitrogens with one attached hydrogen (secondary N) is 1. The molecule has 1 N–H and O–H groups in total. The van der Waals surface area contributed by atoms with Gasteiger partial charge in [-0.3, -0.25) is 19.4 Å². The predicted octanol–water partition coefficient (Wildman–Crippen LogP) is 3.79. The van der Waals surface area contributed by atoms with Crippen LogP contribution in [0.15, 0.2) is 47.5 Å². The molecule has 4 rings (SSSR count). The van der Waals surface area contributed by atoms with Gasteiger partial charge in [0, 0.05) is 38.7 Å². The molecule has 2 heterocycles. The lowest BCUT2D eigenvalue weighted by Crippen LogP contribution is -2.39. The van der Waals surface area contributed by atoms with Crippen LogP contribution in [0.3, 0.4) is 0 Å². The molecule has 1 atom stereocenters. The summed E-state index contributed by atoms with van der Waals surface area (Å²) in [6, 6.07) is 8.43. The Kier molecular flexibility index (Phi) is 8.42. The zero-order valence-corrected chi connectivity index (χ0v) is 19.7. The third-order valence-electron chi connectivity index (χ3n) is 5.61. The molecule has 2 fully saturated rings. The van der Waals surface area contributed by atoms with E-state index in [0.717, 1.165) is 43.5 Å². The summed E-state index contributed by atoms with van der Waals surface area (Å²) in [6.45, 7) is 4.23. The zero-order chi connectivity index (χ0) is 24.8. The lowest BCUT2D eigenvalue weighted by Gasteiger charge is -2.27. The van der Waals surface area contributed by atoms with Crippen molar-refractivity contribution in [2.24, 2.45) is 4.99 Å². The highest BCUT2D eigenvalue weighted by molar-refractivity contribution is 8.15. The van der Waals surface area contributed by atoms with Crippen molar-refractivity contribution in [3.05, 3.63) is 59.9 Å². The van der Waals surface area contributed by atoms with E-state index in [0.29, 0.717) is 43.1 Å². The Morgan fingerprint density at radius 2 is 1.77 bits per heavy atom. The highest BCUT2D eigenvalue weighted by atomic mass is 32.2. The molecule has 0 aliphatic carbocycles. The molecule has 0 radical (unpaired) electrons. The molecule has 0 aromatic heterocycles. The fourth-order valence-electron chi connectivity index (χ4n) is 3.79. The summed E-state index contributed by atoms with van der Waals surface area (Å²) in [7, 11) is 0. The number of carbonyl (C=O) groups is 2. The number of benzene rings is 2. The fourth-order valence-corrected chi connectivity index (χ4v) is 4.98. The molecule has 2 amide bonds. The molecule has 7 nitrogen and oxygen atoms in total. The van der Waals surface area contributed by atoms with E-state index in [1.165, 1.54) is 24.3 Å². The van der Waals surface area contributed by atoms with Crippen LogP contribution < -0.4 is 5.32 Å². The van der Waals surface area contributed by atoms with Crippen LogP contribution in [0.25, 0.3) is 0 Å². The summed E-state index contributed by atoms with van der Waals surface area (Å²) in [4.78, 5) is 34.0. The van der Waals surface area contributed by atoms with Crippen LogP contribution in [0.4, 0.5) is 24.5 Å². The van der Waals surface area contributed by atoms with Crippen molar-refractivity contribution in [1.29, 1.82) is 0 Å². The van der Waals surface area contributed by atoms with Crippen LogP contribution in [-0.4, -0.2) is 71.4 Å². The average molecular weight is 507 g/mol. The van der Waals surface area contributed by atoms with Crippen molar-refractivity contribution < 1.29 is 27.5 Å². The summed E-state index contributed by atoms with van der Waals surface area (Å²) < 4.78 is 45.7. The van der Waals surface area contributed by atoms with Crippen LogP contribution in [-0.2, 0) is 14.3 Å². The Morgan fingerprint density at radius 3 is 2.49 bits per heavy atom. The van der Waals surface area contributed by atoms with Gasteiger partial charge in [-0.2, -0.15) is 0 Å². The zero-order valence-electron chi connectivity index (χ0n) is 18.9. The molecule has 0 unspecified atom stereocenters. The smallest absolute Gasteiger partial charge is 0.242 e. The molecule has 2 saturated heterocycles. The van der Waals surface area contributed by atoms with Gasteiger partial charge in [-0.15, -0.1) is 0 Å². The van der Waals surface area contributed by atoms with Gasteiger partial charge in [-0.25, -0.2) is 18.2 Å². The number of ether oxygens (including phenoxy) is 1. The molecule has 0 spiro atoms. The number of halogens is 3. The second-order valence-electron chi connectivity index (χ2n) is 8.15. The molecule has 2 aromatic rings. The van der Waals surface area contributed by atoms with Gasteiger partial charge < -0.3 is 10.1 Å². The van der Waals surface area contributed by atoms with Gasteiger partial charge in [-0.1, -0.05) is 11.8 Å². The van der Waals surface area contributed by atoms with Gasteiger partial charge in [0.15, 0.2) is 5.17 Å². The molecular weight excluding hydrogens is 481 g/mol. The lowest BCUT2D eigenvalue weighted by molar-refractivity contribution is -0.128. The van der Waals surface area contributed by atoms with Gasteiger partial charge in [0.1, 0.15) is 22.7 Å². The molecule has 0 bridgehead atoms. The minimum absolute atomic E-state index is 0.158. The van der Waals surface area contributed by atoms with Gasteiger partial charge >= 0.3 is 0 Å². The van der Waals surface area contributed by atoms with Crippen molar-refractivity contribution in [3.63, 3.8) is 0 Å². The first kappa shape index (κ1) is 25.2. The van der Waals surface area contributed by atoms with E-state index in [1.54, 1.807) is 4.90 Å². The highest BCUT2D eigenvalue weighted by Gasteiger charge is 2.39. The quantitative estimate of drug-likeness (QED) is 0.590. The molecule has 2 aromatic carbocycles. The molecule has 11 heteroatoms. The Bertz CT molecular complexity index is 1090. The number of rotatable bonds is 8. The van der Waals surface area contributed by atoms with Crippen molar-refractivity contribution in [3.8, 4) is 0 Å². The lowest BCUT2D eigenvalue weighted by atomic mass is 10.2. The van der Waals surface area contributed by atoms with E-state index in [1.807, 2.05) is 0 Å². The number of nitrogens with zero attached hydrogens (tertiary/aromatic N) is 3. The van der Waals surface area contributed by atoms with Gasteiger partial charge in [-0.05, 0) is 42.8 Å². The van der Waals surface area contributed by atoms with E-state index >= 15 is 0 Å². The van der Waals surface area contributed by atoms with Gasteiger partial charge in [0.2, 0.25) is 11.8 Å². The number of aliphatic imine (C=N–C) groups is 1. The first-order valence-corrected chi connectivity index (χ1v) is 12.1. The molecule has 186 valence electrons. The maximum Gasteiger partial charge on any atom is 0.242 e. The van der Waals surface area contributed by atoms with E-state index in [2.05, 4.69) is 15.2 Å². The number of carbonyl (C=O) groups excluding carboxylic acids is 2. The number of morpholine rings is 1. The third kappa shape index (κ3) is 6.83. The number of thioether (sulfide) groups is 1. The molecule has 2 aliphatic heterocycles. The standard InChI is InChI=1S/C24H25F3N4O3S/c25-16-2-5-18(6-3-16)28-24-31(9-1-8-30-10-12-34-13-11-30)23(33)21(35-24)15-22(32)29-20-7-4-17(26)14-19(20)27/h2-7,14,21H,1,8-13,15H2,(H,29,32)/t21-/m0/s1. The van der Waals surface area contributed by atoms with E-state index < -0.39 is 28.6 Å². The molecule has 2 aliphatic rings. The van der Waals surface area contributed by atoms with Crippen LogP contribution in [0.2, 0.25) is 0 Å². The fraction of sp³-hybridized carbons (Fsp3) is 0.375. The number of anilines is 1. The molecule has 0 saturated carbocycles. The number of hydrogen-bond acceptors (Lipinski definition) is 6. The predicted molar refractivity (Wildman–Crippen MR) is 128 cm³/mol.